The Labute approximate surface area is 82.2 Å². The first-order chi connectivity index (χ1) is 6.18. The summed E-state index contributed by atoms with van der Waals surface area (Å²) in [7, 11) is 0. The SMILES string of the molecule is C=[N+]1CCN(CCCC(C)C)CC1. The normalized spacial score (nSPS) is 19.8. The number of nitrogens with zero attached hydrogens (tertiary/aromatic N) is 2. The Kier molecular flexibility index (Phi) is 4.43. The maximum absolute atomic E-state index is 3.95. The Morgan fingerprint density at radius 1 is 1.31 bits per heavy atom. The van der Waals surface area contributed by atoms with Gasteiger partial charge in [-0.1, -0.05) is 13.8 Å². The molecule has 0 unspecified atom stereocenters. The molecule has 0 spiro atoms. The van der Waals surface area contributed by atoms with Crippen LogP contribution in [0.2, 0.25) is 0 Å². The van der Waals surface area contributed by atoms with Crippen LogP contribution in [-0.2, 0) is 0 Å². The smallest absolute Gasteiger partial charge is 0.154 e. The van der Waals surface area contributed by atoms with Crippen molar-refractivity contribution in [2.24, 2.45) is 5.92 Å². The molecule has 1 fully saturated rings. The second kappa shape index (κ2) is 5.38. The summed E-state index contributed by atoms with van der Waals surface area (Å²) in [5.41, 5.74) is 0. The van der Waals surface area contributed by atoms with Crippen molar-refractivity contribution < 1.29 is 4.58 Å². The van der Waals surface area contributed by atoms with E-state index in [4.69, 9.17) is 0 Å². The second-order valence-electron chi connectivity index (χ2n) is 4.50. The van der Waals surface area contributed by atoms with Crippen LogP contribution in [0.1, 0.15) is 26.7 Å². The molecule has 0 N–H and O–H groups in total. The molecule has 0 aromatic rings. The quantitative estimate of drug-likeness (QED) is 0.598. The lowest BCUT2D eigenvalue weighted by atomic mass is 10.1. The van der Waals surface area contributed by atoms with Gasteiger partial charge in [0.25, 0.3) is 0 Å². The van der Waals surface area contributed by atoms with Crippen LogP contribution in [0.25, 0.3) is 0 Å². The molecule has 0 aromatic carbocycles. The topological polar surface area (TPSA) is 6.25 Å². The fourth-order valence-corrected chi connectivity index (χ4v) is 1.74. The summed E-state index contributed by atoms with van der Waals surface area (Å²) in [5.74, 6) is 0.856. The van der Waals surface area contributed by atoms with Crippen molar-refractivity contribution in [1.29, 1.82) is 0 Å². The maximum Gasteiger partial charge on any atom is 0.154 e. The van der Waals surface area contributed by atoms with E-state index in [2.05, 4.69) is 30.0 Å². The molecule has 0 aromatic heterocycles. The van der Waals surface area contributed by atoms with Crippen LogP contribution < -0.4 is 0 Å². The molecule has 2 heteroatoms. The van der Waals surface area contributed by atoms with Gasteiger partial charge >= 0.3 is 0 Å². The van der Waals surface area contributed by atoms with Gasteiger partial charge in [-0.05, 0) is 25.3 Å². The van der Waals surface area contributed by atoms with Gasteiger partial charge in [0.15, 0.2) is 13.1 Å². The summed E-state index contributed by atoms with van der Waals surface area (Å²) in [4.78, 5) is 2.56. The highest BCUT2D eigenvalue weighted by Crippen LogP contribution is 2.05. The Morgan fingerprint density at radius 2 is 1.92 bits per heavy atom. The van der Waals surface area contributed by atoms with Gasteiger partial charge in [0.2, 0.25) is 0 Å². The molecule has 0 saturated carbocycles. The molecule has 76 valence electrons. The van der Waals surface area contributed by atoms with E-state index < -0.39 is 0 Å². The van der Waals surface area contributed by atoms with E-state index in [-0.39, 0.29) is 0 Å². The van der Waals surface area contributed by atoms with Crippen molar-refractivity contribution in [3.63, 3.8) is 0 Å². The zero-order chi connectivity index (χ0) is 9.68. The van der Waals surface area contributed by atoms with Gasteiger partial charge in [-0.25, -0.2) is 4.58 Å². The third-order valence-electron chi connectivity index (χ3n) is 2.72. The van der Waals surface area contributed by atoms with Gasteiger partial charge in [-0.2, -0.15) is 0 Å². The lowest BCUT2D eigenvalue weighted by molar-refractivity contribution is -0.531. The Bertz CT molecular complexity index is 153. The summed E-state index contributed by atoms with van der Waals surface area (Å²) >= 11 is 0. The predicted molar refractivity (Wildman–Crippen MR) is 57.6 cm³/mol. The molecular weight excluding hydrogens is 160 g/mol. The molecule has 0 radical (unpaired) electrons. The highest BCUT2D eigenvalue weighted by molar-refractivity contribution is 5.14. The standard InChI is InChI=1S/C11H23N2/c1-11(2)5-4-6-13-9-7-12(3)8-10-13/h11H,3-10H2,1-2H3/q+1. The van der Waals surface area contributed by atoms with E-state index in [1.807, 2.05) is 0 Å². The van der Waals surface area contributed by atoms with Crippen molar-refractivity contribution in [2.75, 3.05) is 32.7 Å². The summed E-state index contributed by atoms with van der Waals surface area (Å²) in [5, 5.41) is 0. The van der Waals surface area contributed by atoms with Crippen LogP contribution in [0.5, 0.6) is 0 Å². The van der Waals surface area contributed by atoms with Crippen molar-refractivity contribution in [3.8, 4) is 0 Å². The van der Waals surface area contributed by atoms with E-state index in [0.29, 0.717) is 0 Å². The summed E-state index contributed by atoms with van der Waals surface area (Å²) in [6.07, 6.45) is 2.72. The minimum atomic E-state index is 0.856. The number of hydrogen-bond acceptors (Lipinski definition) is 1. The van der Waals surface area contributed by atoms with Crippen LogP contribution in [0.15, 0.2) is 0 Å². The van der Waals surface area contributed by atoms with E-state index in [0.717, 1.165) is 19.0 Å². The van der Waals surface area contributed by atoms with Gasteiger partial charge in [0.05, 0.1) is 13.1 Å². The highest BCUT2D eigenvalue weighted by atomic mass is 15.2. The number of hydrogen-bond donors (Lipinski definition) is 0. The van der Waals surface area contributed by atoms with Crippen LogP contribution in [0, 0.1) is 5.92 Å². The fraction of sp³-hybridized carbons (Fsp3) is 0.909. The van der Waals surface area contributed by atoms with Crippen molar-refractivity contribution >= 4 is 6.72 Å². The minimum absolute atomic E-state index is 0.856. The Hall–Kier alpha value is -0.370. The zero-order valence-corrected chi connectivity index (χ0v) is 9.13. The van der Waals surface area contributed by atoms with Crippen molar-refractivity contribution in [1.82, 2.24) is 4.90 Å². The van der Waals surface area contributed by atoms with Gasteiger partial charge in [0.1, 0.15) is 6.72 Å². The third-order valence-corrected chi connectivity index (χ3v) is 2.72. The summed E-state index contributed by atoms with van der Waals surface area (Å²) in [6.45, 7) is 14.5. The van der Waals surface area contributed by atoms with Crippen LogP contribution >= 0.6 is 0 Å². The van der Waals surface area contributed by atoms with Crippen molar-refractivity contribution in [3.05, 3.63) is 0 Å². The highest BCUT2D eigenvalue weighted by Gasteiger charge is 2.15. The average molecular weight is 183 g/mol. The molecule has 1 rings (SSSR count). The monoisotopic (exact) mass is 183 g/mol. The van der Waals surface area contributed by atoms with Crippen LogP contribution in [0.4, 0.5) is 0 Å². The van der Waals surface area contributed by atoms with Crippen molar-refractivity contribution in [2.45, 2.75) is 26.7 Å². The average Bonchev–Trinajstić information content (AvgIpc) is 2.08. The Balaban J connectivity index is 2.05. The molecule has 1 saturated heterocycles. The van der Waals surface area contributed by atoms with E-state index in [1.165, 1.54) is 32.5 Å². The molecule has 1 aliphatic rings. The first kappa shape index (κ1) is 10.7. The minimum Gasteiger partial charge on any atom is -0.291 e. The number of piperazine rings is 1. The Morgan fingerprint density at radius 3 is 2.46 bits per heavy atom. The molecule has 1 heterocycles. The first-order valence-electron chi connectivity index (χ1n) is 5.46. The molecule has 0 aliphatic carbocycles. The largest absolute Gasteiger partial charge is 0.291 e. The summed E-state index contributed by atoms with van der Waals surface area (Å²) in [6, 6.07) is 0. The van der Waals surface area contributed by atoms with E-state index >= 15 is 0 Å². The molecule has 0 bridgehead atoms. The molecule has 0 atom stereocenters. The van der Waals surface area contributed by atoms with Gasteiger partial charge in [0, 0.05) is 0 Å². The molecule has 2 nitrogen and oxygen atoms in total. The fourth-order valence-electron chi connectivity index (χ4n) is 1.74. The second-order valence-corrected chi connectivity index (χ2v) is 4.50. The molecule has 1 aliphatic heterocycles. The molecule has 13 heavy (non-hydrogen) atoms. The lowest BCUT2D eigenvalue weighted by Gasteiger charge is -2.24. The number of rotatable bonds is 4. The molecular formula is C11H23N2+. The van der Waals surface area contributed by atoms with E-state index in [9.17, 15) is 0 Å². The van der Waals surface area contributed by atoms with Gasteiger partial charge in [-0.15, -0.1) is 0 Å². The maximum atomic E-state index is 3.95. The first-order valence-corrected chi connectivity index (χ1v) is 5.46. The van der Waals surface area contributed by atoms with Crippen LogP contribution in [-0.4, -0.2) is 48.9 Å². The summed E-state index contributed by atoms with van der Waals surface area (Å²) < 4.78 is 2.17. The van der Waals surface area contributed by atoms with E-state index in [1.54, 1.807) is 0 Å². The van der Waals surface area contributed by atoms with Gasteiger partial charge < -0.3 is 0 Å². The van der Waals surface area contributed by atoms with Crippen LogP contribution in [0.3, 0.4) is 0 Å². The zero-order valence-electron chi connectivity index (χ0n) is 9.13. The third kappa shape index (κ3) is 4.41. The molecule has 0 amide bonds. The lowest BCUT2D eigenvalue weighted by Crippen LogP contribution is -2.41. The predicted octanol–water partition coefficient (Wildman–Crippen LogP) is 1.45. The van der Waals surface area contributed by atoms with Gasteiger partial charge in [-0.3, -0.25) is 4.90 Å².